The lowest BCUT2D eigenvalue weighted by Gasteiger charge is -2.19. The molecule has 0 aliphatic carbocycles. The second kappa shape index (κ2) is 13.4. The van der Waals surface area contributed by atoms with Gasteiger partial charge < -0.3 is 37.0 Å². The van der Waals surface area contributed by atoms with Crippen LogP contribution < -0.4 is 21.7 Å². The zero-order valence-electron chi connectivity index (χ0n) is 15.6. The minimum Gasteiger partial charge on any atom is -0.481 e. The van der Waals surface area contributed by atoms with Crippen LogP contribution in [0.4, 0.5) is 0 Å². The van der Waals surface area contributed by atoms with Crippen LogP contribution in [0.5, 0.6) is 0 Å². The Morgan fingerprint density at radius 1 is 0.964 bits per heavy atom. The minimum atomic E-state index is -1.45. The highest BCUT2D eigenvalue weighted by atomic mass is 16.4. The fourth-order valence-corrected chi connectivity index (χ4v) is 2.07. The summed E-state index contributed by atoms with van der Waals surface area (Å²) < 4.78 is 0. The average molecular weight is 404 g/mol. The van der Waals surface area contributed by atoms with Crippen LogP contribution in [0.1, 0.15) is 32.6 Å². The Morgan fingerprint density at radius 3 is 2.11 bits per heavy atom. The summed E-state index contributed by atoms with van der Waals surface area (Å²) in [6.45, 7) is 0.689. The van der Waals surface area contributed by atoms with Gasteiger partial charge in [-0.2, -0.15) is 0 Å². The molecule has 0 radical (unpaired) electrons. The number of nitrogens with one attached hydrogen (secondary N) is 3. The van der Waals surface area contributed by atoms with E-state index in [9.17, 15) is 24.0 Å². The molecule has 160 valence electrons. The molecule has 0 heterocycles. The van der Waals surface area contributed by atoms with Gasteiger partial charge in [0, 0.05) is 0 Å². The number of hydrogen-bond donors (Lipinski definition) is 7. The lowest BCUT2D eigenvalue weighted by molar-refractivity contribution is -0.142. The van der Waals surface area contributed by atoms with Gasteiger partial charge in [-0.15, -0.1) is 0 Å². The lowest BCUT2D eigenvalue weighted by Crippen LogP contribution is -2.52. The predicted octanol–water partition coefficient (Wildman–Crippen LogP) is -2.61. The van der Waals surface area contributed by atoms with Crippen LogP contribution in [0.2, 0.25) is 0 Å². The normalized spacial score (nSPS) is 13.7. The number of aliphatic hydroxyl groups excluding tert-OH is 1. The molecule has 0 aromatic rings. The minimum absolute atomic E-state index is 0.170. The average Bonchev–Trinajstić information content (AvgIpc) is 2.63. The number of aliphatic hydroxyl groups is 1. The number of rotatable bonds is 14. The van der Waals surface area contributed by atoms with Crippen molar-refractivity contribution in [2.75, 3.05) is 19.7 Å². The van der Waals surface area contributed by atoms with Crippen molar-refractivity contribution in [2.45, 2.75) is 44.7 Å². The summed E-state index contributed by atoms with van der Waals surface area (Å²) in [4.78, 5) is 57.7. The summed E-state index contributed by atoms with van der Waals surface area (Å²) in [6.07, 6.45) is 0.534. The number of carbonyl (C=O) groups is 5. The third-order valence-corrected chi connectivity index (χ3v) is 3.74. The summed E-state index contributed by atoms with van der Waals surface area (Å²) in [7, 11) is 0. The Bertz CT molecular complexity index is 569. The molecule has 0 aliphatic heterocycles. The van der Waals surface area contributed by atoms with Crippen LogP contribution in [-0.4, -0.2) is 76.8 Å². The van der Waals surface area contributed by atoms with Crippen molar-refractivity contribution in [3.8, 4) is 0 Å². The molecule has 8 N–H and O–H groups in total. The highest BCUT2D eigenvalue weighted by Crippen LogP contribution is 2.01. The maximum absolute atomic E-state index is 12.1. The Labute approximate surface area is 161 Å². The van der Waals surface area contributed by atoms with Crippen molar-refractivity contribution >= 4 is 29.7 Å². The zero-order chi connectivity index (χ0) is 21.7. The number of hydrogen-bond acceptors (Lipinski definition) is 7. The third kappa shape index (κ3) is 10.4. The van der Waals surface area contributed by atoms with Crippen LogP contribution in [0.15, 0.2) is 0 Å². The summed E-state index contributed by atoms with van der Waals surface area (Å²) >= 11 is 0. The second-order valence-corrected chi connectivity index (χ2v) is 6.20. The molecule has 0 bridgehead atoms. The van der Waals surface area contributed by atoms with Gasteiger partial charge in [-0.3, -0.25) is 19.2 Å². The number of nitrogens with two attached hydrogens (primary N) is 1. The molecule has 0 saturated carbocycles. The monoisotopic (exact) mass is 404 g/mol. The first-order chi connectivity index (χ1) is 13.1. The lowest BCUT2D eigenvalue weighted by atomic mass is 10.1. The summed E-state index contributed by atoms with van der Waals surface area (Å²) in [5.41, 5.74) is 5.33. The molecule has 28 heavy (non-hydrogen) atoms. The second-order valence-electron chi connectivity index (χ2n) is 6.20. The fraction of sp³-hybridized carbons (Fsp3) is 0.688. The Kier molecular flexibility index (Phi) is 12.1. The van der Waals surface area contributed by atoms with Crippen molar-refractivity contribution in [1.29, 1.82) is 0 Å². The Hall–Kier alpha value is -2.73. The van der Waals surface area contributed by atoms with E-state index < -0.39 is 67.2 Å². The van der Waals surface area contributed by atoms with Crippen molar-refractivity contribution in [3.63, 3.8) is 0 Å². The highest BCUT2D eigenvalue weighted by Gasteiger charge is 2.26. The summed E-state index contributed by atoms with van der Waals surface area (Å²) in [5.74, 6) is -5.86. The molecule has 0 aromatic heterocycles. The van der Waals surface area contributed by atoms with E-state index in [0.717, 1.165) is 0 Å². The molecule has 0 rings (SSSR count). The van der Waals surface area contributed by atoms with Crippen molar-refractivity contribution in [2.24, 2.45) is 11.7 Å². The van der Waals surface area contributed by atoms with E-state index in [1.165, 1.54) is 6.92 Å². The molecular formula is C16H28N4O8. The number of unbranched alkanes of at least 4 members (excludes halogenated alkanes) is 1. The van der Waals surface area contributed by atoms with E-state index in [-0.39, 0.29) is 6.42 Å². The molecule has 0 unspecified atom stereocenters. The molecule has 0 fully saturated rings. The van der Waals surface area contributed by atoms with Crippen LogP contribution >= 0.6 is 0 Å². The van der Waals surface area contributed by atoms with Gasteiger partial charge in [-0.1, -0.05) is 6.92 Å². The molecule has 3 atom stereocenters. The fourth-order valence-electron chi connectivity index (χ4n) is 2.07. The van der Waals surface area contributed by atoms with Gasteiger partial charge in [0.1, 0.15) is 12.1 Å². The third-order valence-electron chi connectivity index (χ3n) is 3.74. The highest BCUT2D eigenvalue weighted by molar-refractivity contribution is 5.93. The maximum Gasteiger partial charge on any atom is 0.326 e. The Balaban J connectivity index is 4.71. The van der Waals surface area contributed by atoms with Gasteiger partial charge in [-0.05, 0) is 25.8 Å². The van der Waals surface area contributed by atoms with E-state index in [1.54, 1.807) is 0 Å². The summed E-state index contributed by atoms with van der Waals surface area (Å²) in [5, 5.41) is 33.5. The van der Waals surface area contributed by atoms with Crippen LogP contribution in [-0.2, 0) is 24.0 Å². The predicted molar refractivity (Wildman–Crippen MR) is 95.9 cm³/mol. The molecule has 12 heteroatoms. The van der Waals surface area contributed by atoms with Gasteiger partial charge >= 0.3 is 11.9 Å². The maximum atomic E-state index is 12.1. The van der Waals surface area contributed by atoms with Crippen molar-refractivity contribution in [3.05, 3.63) is 0 Å². The van der Waals surface area contributed by atoms with E-state index in [2.05, 4.69) is 16.0 Å². The van der Waals surface area contributed by atoms with E-state index in [4.69, 9.17) is 21.1 Å². The van der Waals surface area contributed by atoms with Gasteiger partial charge in [0.2, 0.25) is 17.7 Å². The van der Waals surface area contributed by atoms with Crippen LogP contribution in [0, 0.1) is 5.92 Å². The molecule has 0 aromatic carbocycles. The number of amides is 3. The van der Waals surface area contributed by atoms with Crippen LogP contribution in [0.25, 0.3) is 0 Å². The number of carboxylic acid groups (broad SMARTS) is 2. The molecule has 0 spiro atoms. The first-order valence-corrected chi connectivity index (χ1v) is 8.75. The summed E-state index contributed by atoms with van der Waals surface area (Å²) in [6, 6.07) is -2.59. The largest absolute Gasteiger partial charge is 0.481 e. The zero-order valence-corrected chi connectivity index (χ0v) is 15.6. The van der Waals surface area contributed by atoms with Gasteiger partial charge in [0.25, 0.3) is 0 Å². The number of carbonyl (C=O) groups excluding carboxylic acids is 3. The Morgan fingerprint density at radius 2 is 1.61 bits per heavy atom. The SMILES string of the molecule is C[C@@H](CO)C(=O)N[C@@H](CC(=O)O)C(=O)NCC(=O)N[C@@H](CCCCN)C(=O)O. The number of carboxylic acids is 2. The van der Waals surface area contributed by atoms with Gasteiger partial charge in [-0.25, -0.2) is 4.79 Å². The van der Waals surface area contributed by atoms with E-state index >= 15 is 0 Å². The van der Waals surface area contributed by atoms with Crippen molar-refractivity contribution in [1.82, 2.24) is 16.0 Å². The van der Waals surface area contributed by atoms with E-state index in [1.807, 2.05) is 0 Å². The standard InChI is InChI=1S/C16H28N4O8/c1-9(8-21)14(25)20-11(6-13(23)24)15(26)18-7-12(22)19-10(16(27)28)4-2-3-5-17/h9-11,21H,2-8,17H2,1H3,(H,18,26)(H,19,22)(H,20,25)(H,23,24)(H,27,28)/t9-,10-,11-/m0/s1. The van der Waals surface area contributed by atoms with Crippen LogP contribution in [0.3, 0.4) is 0 Å². The molecule has 0 aliphatic rings. The molecule has 0 saturated heterocycles. The van der Waals surface area contributed by atoms with Gasteiger partial charge in [0.05, 0.1) is 25.5 Å². The molecule has 12 nitrogen and oxygen atoms in total. The quantitative estimate of drug-likeness (QED) is 0.151. The topological polar surface area (TPSA) is 208 Å². The van der Waals surface area contributed by atoms with E-state index in [0.29, 0.717) is 19.4 Å². The van der Waals surface area contributed by atoms with Crippen molar-refractivity contribution < 1.29 is 39.3 Å². The molecular weight excluding hydrogens is 376 g/mol. The first-order valence-electron chi connectivity index (χ1n) is 8.75. The number of aliphatic carboxylic acids is 2. The van der Waals surface area contributed by atoms with Gasteiger partial charge in [0.15, 0.2) is 0 Å². The first kappa shape index (κ1) is 25.3. The smallest absolute Gasteiger partial charge is 0.326 e. The molecule has 3 amide bonds.